The topological polar surface area (TPSA) is 74.4 Å². The summed E-state index contributed by atoms with van der Waals surface area (Å²) in [5.41, 5.74) is 8.27. The lowest BCUT2D eigenvalue weighted by Crippen LogP contribution is -2.51. The predicted octanol–water partition coefficient (Wildman–Crippen LogP) is 1.91. The minimum Gasteiger partial charge on any atom is -0.378 e. The number of benzene rings is 2. The number of carbonyl (C=O) groups is 1. The molecule has 1 unspecified atom stereocenters. The Kier molecular flexibility index (Phi) is 7.21. The van der Waals surface area contributed by atoms with Gasteiger partial charge in [-0.1, -0.05) is 30.3 Å². The first kappa shape index (κ1) is 22.1. The van der Waals surface area contributed by atoms with E-state index in [9.17, 15) is 9.18 Å². The number of carbonyl (C=O) groups excluding carboxylic acids is 1. The second-order valence-electron chi connectivity index (χ2n) is 8.05. The number of morpholine rings is 1. The van der Waals surface area contributed by atoms with E-state index in [1.165, 1.54) is 12.1 Å². The number of guanidine groups is 1. The number of nitrogens with two attached hydrogens (primary N) is 1. The van der Waals surface area contributed by atoms with Crippen LogP contribution in [-0.4, -0.2) is 80.7 Å². The molecule has 1 atom stereocenters. The third kappa shape index (κ3) is 5.37. The molecule has 2 aromatic rings. The highest BCUT2D eigenvalue weighted by molar-refractivity contribution is 5.85. The third-order valence-electron chi connectivity index (χ3n) is 6.05. The fourth-order valence-electron chi connectivity index (χ4n) is 4.15. The van der Waals surface area contributed by atoms with Crippen molar-refractivity contribution in [2.24, 2.45) is 10.7 Å². The van der Waals surface area contributed by atoms with Crippen LogP contribution < -0.4 is 10.6 Å². The largest absolute Gasteiger partial charge is 0.378 e. The molecule has 0 bridgehead atoms. The monoisotopic (exact) mass is 439 g/mol. The van der Waals surface area contributed by atoms with E-state index in [0.29, 0.717) is 38.8 Å². The van der Waals surface area contributed by atoms with Gasteiger partial charge in [-0.15, -0.1) is 0 Å². The molecule has 2 N–H and O–H groups in total. The van der Waals surface area contributed by atoms with Crippen molar-refractivity contribution in [2.75, 3.05) is 63.9 Å². The van der Waals surface area contributed by atoms with Gasteiger partial charge in [-0.3, -0.25) is 9.79 Å². The van der Waals surface area contributed by atoms with E-state index in [4.69, 9.17) is 10.5 Å². The highest BCUT2D eigenvalue weighted by Gasteiger charge is 2.27. The van der Waals surface area contributed by atoms with Crippen molar-refractivity contribution >= 4 is 17.6 Å². The lowest BCUT2D eigenvalue weighted by Gasteiger charge is -2.36. The minimum atomic E-state index is -0.367. The molecule has 4 rings (SSSR count). The van der Waals surface area contributed by atoms with E-state index in [2.05, 4.69) is 9.89 Å². The summed E-state index contributed by atoms with van der Waals surface area (Å²) >= 11 is 0. The van der Waals surface area contributed by atoms with Crippen molar-refractivity contribution in [1.82, 2.24) is 9.80 Å². The van der Waals surface area contributed by atoms with Crippen molar-refractivity contribution in [2.45, 2.75) is 5.92 Å². The normalized spacial score (nSPS) is 18.5. The van der Waals surface area contributed by atoms with Gasteiger partial charge in [0.25, 0.3) is 0 Å². The fourth-order valence-corrected chi connectivity index (χ4v) is 4.15. The van der Waals surface area contributed by atoms with Gasteiger partial charge in [-0.05, 0) is 29.8 Å². The summed E-state index contributed by atoms with van der Waals surface area (Å²) in [5.74, 6) is -0.0756. The van der Waals surface area contributed by atoms with Gasteiger partial charge in [0, 0.05) is 45.0 Å². The first-order valence-electron chi connectivity index (χ1n) is 11.1. The molecule has 0 spiro atoms. The first-order chi connectivity index (χ1) is 15.6. The highest BCUT2D eigenvalue weighted by Crippen LogP contribution is 2.21. The molecule has 1 amide bonds. The Labute approximate surface area is 188 Å². The predicted molar refractivity (Wildman–Crippen MR) is 123 cm³/mol. The molecule has 0 radical (unpaired) electrons. The maximum absolute atomic E-state index is 13.2. The van der Waals surface area contributed by atoms with Gasteiger partial charge in [-0.2, -0.15) is 0 Å². The second kappa shape index (κ2) is 10.5. The molecule has 2 aliphatic heterocycles. The third-order valence-corrected chi connectivity index (χ3v) is 6.05. The van der Waals surface area contributed by atoms with Gasteiger partial charge in [0.05, 0.1) is 25.7 Å². The maximum Gasteiger partial charge on any atom is 0.232 e. The zero-order valence-electron chi connectivity index (χ0n) is 18.2. The van der Waals surface area contributed by atoms with Crippen molar-refractivity contribution in [3.05, 3.63) is 66.0 Å². The average molecular weight is 440 g/mol. The smallest absolute Gasteiger partial charge is 0.232 e. The van der Waals surface area contributed by atoms with Crippen molar-refractivity contribution in [1.29, 1.82) is 0 Å². The van der Waals surface area contributed by atoms with E-state index >= 15 is 0 Å². The van der Waals surface area contributed by atoms with Gasteiger partial charge < -0.3 is 25.2 Å². The highest BCUT2D eigenvalue weighted by atomic mass is 19.1. The molecule has 0 saturated carbocycles. The number of halogens is 1. The fraction of sp³-hybridized carbons (Fsp3) is 0.417. The Hall–Kier alpha value is -3.13. The maximum atomic E-state index is 13.2. The van der Waals surface area contributed by atoms with E-state index in [0.717, 1.165) is 37.4 Å². The number of aliphatic imine (C=N–C) groups is 1. The zero-order valence-corrected chi connectivity index (χ0v) is 18.2. The summed E-state index contributed by atoms with van der Waals surface area (Å²) < 4.78 is 18.6. The van der Waals surface area contributed by atoms with Gasteiger partial charge in [0.2, 0.25) is 5.91 Å². The van der Waals surface area contributed by atoms with Crippen molar-refractivity contribution < 1.29 is 13.9 Å². The number of hydrogen-bond donors (Lipinski definition) is 1. The number of nitrogens with zero attached hydrogens (tertiary/aromatic N) is 4. The van der Waals surface area contributed by atoms with E-state index in [1.54, 1.807) is 12.1 Å². The molecule has 2 saturated heterocycles. The molecule has 0 aromatic heterocycles. The number of ether oxygens (including phenoxy) is 1. The molecule has 32 heavy (non-hydrogen) atoms. The Morgan fingerprint density at radius 1 is 0.938 bits per heavy atom. The Balaban J connectivity index is 1.39. The number of hydrogen-bond acceptors (Lipinski definition) is 4. The molecule has 0 aliphatic carbocycles. The summed E-state index contributed by atoms with van der Waals surface area (Å²) in [6.45, 7) is 5.64. The van der Waals surface area contributed by atoms with Crippen LogP contribution in [0.1, 0.15) is 11.5 Å². The number of piperazine rings is 1. The number of amides is 1. The SMILES string of the molecule is NC(=NCC(C(=O)N1CCOCC1)c1ccccc1)N1CCN(c2ccc(F)cc2)CC1. The molecular formula is C24H30FN5O2. The summed E-state index contributed by atoms with van der Waals surface area (Å²) in [5, 5.41) is 0. The minimum absolute atomic E-state index is 0.0668. The molecule has 2 heterocycles. The Morgan fingerprint density at radius 3 is 2.25 bits per heavy atom. The Bertz CT molecular complexity index is 908. The van der Waals surface area contributed by atoms with Crippen LogP contribution in [0.2, 0.25) is 0 Å². The molecule has 7 nitrogen and oxygen atoms in total. The summed E-state index contributed by atoms with van der Waals surface area (Å²) in [7, 11) is 0. The van der Waals surface area contributed by atoms with Crippen LogP contribution in [0.5, 0.6) is 0 Å². The van der Waals surface area contributed by atoms with E-state index < -0.39 is 0 Å². The molecule has 170 valence electrons. The van der Waals surface area contributed by atoms with Crippen LogP contribution in [0.3, 0.4) is 0 Å². The summed E-state index contributed by atoms with van der Waals surface area (Å²) in [6.07, 6.45) is 0. The van der Waals surface area contributed by atoms with Crippen molar-refractivity contribution in [3.8, 4) is 0 Å². The summed E-state index contributed by atoms with van der Waals surface area (Å²) in [4.78, 5) is 24.0. The van der Waals surface area contributed by atoms with Crippen LogP contribution in [0.25, 0.3) is 0 Å². The van der Waals surface area contributed by atoms with Gasteiger partial charge >= 0.3 is 0 Å². The van der Waals surface area contributed by atoms with E-state index in [-0.39, 0.29) is 17.6 Å². The second-order valence-corrected chi connectivity index (χ2v) is 8.05. The average Bonchev–Trinajstić information content (AvgIpc) is 2.86. The quantitative estimate of drug-likeness (QED) is 0.569. The van der Waals surface area contributed by atoms with Gasteiger partial charge in [0.15, 0.2) is 5.96 Å². The van der Waals surface area contributed by atoms with Crippen LogP contribution in [-0.2, 0) is 9.53 Å². The van der Waals surface area contributed by atoms with Crippen molar-refractivity contribution in [3.63, 3.8) is 0 Å². The molecule has 2 aromatic carbocycles. The van der Waals surface area contributed by atoms with Crippen LogP contribution in [0.4, 0.5) is 10.1 Å². The van der Waals surface area contributed by atoms with Crippen LogP contribution in [0, 0.1) is 5.82 Å². The lowest BCUT2D eigenvalue weighted by molar-refractivity contribution is -0.136. The zero-order chi connectivity index (χ0) is 22.3. The van der Waals surface area contributed by atoms with Gasteiger partial charge in [-0.25, -0.2) is 4.39 Å². The number of rotatable bonds is 5. The first-order valence-corrected chi connectivity index (χ1v) is 11.1. The van der Waals surface area contributed by atoms with E-state index in [1.807, 2.05) is 40.1 Å². The summed E-state index contributed by atoms with van der Waals surface area (Å²) in [6, 6.07) is 16.3. The van der Waals surface area contributed by atoms with Gasteiger partial charge in [0.1, 0.15) is 5.82 Å². The molecular weight excluding hydrogens is 409 g/mol. The van der Waals surface area contributed by atoms with Crippen LogP contribution in [0.15, 0.2) is 59.6 Å². The molecule has 8 heteroatoms. The Morgan fingerprint density at radius 2 is 1.59 bits per heavy atom. The standard InChI is InChI=1S/C24H30FN5O2/c25-20-6-8-21(9-7-20)28-10-12-30(13-11-28)24(26)27-18-22(19-4-2-1-3-5-19)23(31)29-14-16-32-17-15-29/h1-9,22H,10-18H2,(H2,26,27). The lowest BCUT2D eigenvalue weighted by atomic mass is 9.97. The van der Waals surface area contributed by atoms with Crippen LogP contribution >= 0.6 is 0 Å². The molecule has 2 fully saturated rings. The molecule has 2 aliphatic rings. The number of anilines is 1.